The Hall–Kier alpha value is -1.51. The maximum Gasteiger partial charge on any atom is 0.308 e. The van der Waals surface area contributed by atoms with Crippen LogP contribution in [0.25, 0.3) is 0 Å². The molecular weight excluding hydrogens is 238 g/mol. The summed E-state index contributed by atoms with van der Waals surface area (Å²) in [7, 11) is 1.48. The second-order valence-electron chi connectivity index (χ2n) is 5.23. The van der Waals surface area contributed by atoms with Gasteiger partial charge in [0.25, 0.3) is 0 Å². The van der Waals surface area contributed by atoms with Crippen LogP contribution in [0.4, 0.5) is 5.69 Å². The van der Waals surface area contributed by atoms with Gasteiger partial charge in [-0.05, 0) is 43.7 Å². The van der Waals surface area contributed by atoms with E-state index < -0.39 is 0 Å². The lowest BCUT2D eigenvalue weighted by molar-refractivity contribution is -0.146. The lowest BCUT2D eigenvalue weighted by atomic mass is 9.86. The number of hydrogen-bond donors (Lipinski definition) is 1. The van der Waals surface area contributed by atoms with Gasteiger partial charge in [-0.2, -0.15) is 0 Å². The van der Waals surface area contributed by atoms with E-state index in [4.69, 9.17) is 4.74 Å². The summed E-state index contributed by atoms with van der Waals surface area (Å²) >= 11 is 0. The maximum absolute atomic E-state index is 11.5. The number of anilines is 1. The number of aryl methyl sites for hydroxylation is 1. The molecule has 0 aliphatic heterocycles. The largest absolute Gasteiger partial charge is 0.469 e. The predicted molar refractivity (Wildman–Crippen MR) is 77.2 cm³/mol. The summed E-state index contributed by atoms with van der Waals surface area (Å²) in [4.78, 5) is 11.5. The van der Waals surface area contributed by atoms with Crippen molar-refractivity contribution in [2.45, 2.75) is 45.1 Å². The highest BCUT2D eigenvalue weighted by Gasteiger charge is 2.26. The molecule has 0 aromatic heterocycles. The van der Waals surface area contributed by atoms with Crippen LogP contribution in [0.3, 0.4) is 0 Å². The highest BCUT2D eigenvalue weighted by Crippen LogP contribution is 2.28. The van der Waals surface area contributed by atoms with E-state index >= 15 is 0 Å². The normalized spacial score (nSPS) is 22.8. The number of methoxy groups -OCH3 is 1. The van der Waals surface area contributed by atoms with Gasteiger partial charge in [0, 0.05) is 11.7 Å². The minimum absolute atomic E-state index is 0.0487. The molecule has 1 aromatic carbocycles. The molecule has 0 saturated heterocycles. The first-order chi connectivity index (χ1) is 9.24. The van der Waals surface area contributed by atoms with Crippen molar-refractivity contribution >= 4 is 11.7 Å². The van der Waals surface area contributed by atoms with E-state index in [-0.39, 0.29) is 11.9 Å². The zero-order valence-corrected chi connectivity index (χ0v) is 11.8. The fraction of sp³-hybridized carbons (Fsp3) is 0.562. The monoisotopic (exact) mass is 261 g/mol. The molecule has 0 heterocycles. The Morgan fingerprint density at radius 3 is 2.58 bits per heavy atom. The Labute approximate surface area is 115 Å². The average Bonchev–Trinajstić information content (AvgIpc) is 2.48. The van der Waals surface area contributed by atoms with E-state index in [9.17, 15) is 4.79 Å². The van der Waals surface area contributed by atoms with E-state index in [0.717, 1.165) is 32.1 Å². The van der Waals surface area contributed by atoms with Crippen molar-refractivity contribution in [3.8, 4) is 0 Å². The lowest BCUT2D eigenvalue weighted by Gasteiger charge is -2.29. The van der Waals surface area contributed by atoms with Gasteiger partial charge in [0.1, 0.15) is 0 Å². The predicted octanol–water partition coefficient (Wildman–Crippen LogP) is 3.39. The SMILES string of the molecule is CCc1ccccc1NC1CCC(C(=O)OC)CC1. The molecule has 1 aliphatic carbocycles. The van der Waals surface area contributed by atoms with Crippen LogP contribution >= 0.6 is 0 Å². The van der Waals surface area contributed by atoms with Crippen LogP contribution in [0.1, 0.15) is 38.2 Å². The van der Waals surface area contributed by atoms with Gasteiger partial charge in [-0.1, -0.05) is 25.1 Å². The number of rotatable bonds is 4. The Bertz CT molecular complexity index is 423. The molecule has 3 nitrogen and oxygen atoms in total. The van der Waals surface area contributed by atoms with Crippen molar-refractivity contribution in [2.75, 3.05) is 12.4 Å². The quantitative estimate of drug-likeness (QED) is 0.844. The van der Waals surface area contributed by atoms with Gasteiger partial charge in [0.2, 0.25) is 0 Å². The molecule has 1 saturated carbocycles. The molecule has 1 aliphatic rings. The van der Waals surface area contributed by atoms with Gasteiger partial charge < -0.3 is 10.1 Å². The summed E-state index contributed by atoms with van der Waals surface area (Å²) in [6.45, 7) is 2.18. The third-order valence-corrected chi connectivity index (χ3v) is 4.02. The number of para-hydroxylation sites is 1. The van der Waals surface area contributed by atoms with Crippen molar-refractivity contribution in [2.24, 2.45) is 5.92 Å². The minimum atomic E-state index is -0.0487. The summed E-state index contributed by atoms with van der Waals surface area (Å²) in [5.74, 6) is 0.0527. The van der Waals surface area contributed by atoms with Crippen molar-refractivity contribution in [3.63, 3.8) is 0 Å². The molecule has 2 rings (SSSR count). The van der Waals surface area contributed by atoms with Crippen LogP contribution in [0, 0.1) is 5.92 Å². The average molecular weight is 261 g/mol. The number of nitrogens with one attached hydrogen (secondary N) is 1. The van der Waals surface area contributed by atoms with Gasteiger partial charge in [-0.25, -0.2) is 0 Å². The van der Waals surface area contributed by atoms with Crippen LogP contribution in [0.2, 0.25) is 0 Å². The van der Waals surface area contributed by atoms with Gasteiger partial charge >= 0.3 is 5.97 Å². The number of ether oxygens (including phenoxy) is 1. The van der Waals surface area contributed by atoms with E-state index in [0.29, 0.717) is 6.04 Å². The maximum atomic E-state index is 11.5. The first kappa shape index (κ1) is 13.9. The van der Waals surface area contributed by atoms with E-state index in [1.807, 2.05) is 0 Å². The Kier molecular flexibility index (Phi) is 4.83. The molecule has 0 radical (unpaired) electrons. The first-order valence-corrected chi connectivity index (χ1v) is 7.16. The standard InChI is InChI=1S/C16H23NO2/c1-3-12-6-4-5-7-15(12)17-14-10-8-13(9-11-14)16(18)19-2/h4-7,13-14,17H,3,8-11H2,1-2H3. The summed E-state index contributed by atoms with van der Waals surface area (Å²) in [5.41, 5.74) is 2.60. The summed E-state index contributed by atoms with van der Waals surface area (Å²) in [6, 6.07) is 8.95. The van der Waals surface area contributed by atoms with Crippen molar-refractivity contribution < 1.29 is 9.53 Å². The molecule has 1 N–H and O–H groups in total. The highest BCUT2D eigenvalue weighted by atomic mass is 16.5. The van der Waals surface area contributed by atoms with E-state index in [2.05, 4.69) is 36.5 Å². The van der Waals surface area contributed by atoms with Gasteiger partial charge in [0.05, 0.1) is 13.0 Å². The zero-order valence-electron chi connectivity index (χ0n) is 11.8. The molecule has 1 aromatic rings. The van der Waals surface area contributed by atoms with Crippen molar-refractivity contribution in [3.05, 3.63) is 29.8 Å². The molecule has 104 valence electrons. The fourth-order valence-electron chi connectivity index (χ4n) is 2.83. The second kappa shape index (κ2) is 6.60. The Morgan fingerprint density at radius 2 is 1.95 bits per heavy atom. The Balaban J connectivity index is 1.90. The number of benzene rings is 1. The van der Waals surface area contributed by atoms with Crippen LogP contribution in [0.15, 0.2) is 24.3 Å². The first-order valence-electron chi connectivity index (χ1n) is 7.16. The number of carbonyl (C=O) groups excluding carboxylic acids is 1. The second-order valence-corrected chi connectivity index (χ2v) is 5.23. The molecule has 0 amide bonds. The van der Waals surface area contributed by atoms with E-state index in [1.165, 1.54) is 18.4 Å². The van der Waals surface area contributed by atoms with E-state index in [1.54, 1.807) is 0 Å². The third kappa shape index (κ3) is 3.49. The summed E-state index contributed by atoms with van der Waals surface area (Å²) < 4.78 is 4.82. The van der Waals surface area contributed by atoms with Crippen molar-refractivity contribution in [1.29, 1.82) is 0 Å². The molecule has 19 heavy (non-hydrogen) atoms. The molecule has 0 bridgehead atoms. The lowest BCUT2D eigenvalue weighted by Crippen LogP contribution is -2.30. The molecular formula is C16H23NO2. The van der Waals surface area contributed by atoms with Crippen molar-refractivity contribution in [1.82, 2.24) is 0 Å². The Morgan fingerprint density at radius 1 is 1.26 bits per heavy atom. The number of carbonyl (C=O) groups is 1. The number of hydrogen-bond acceptors (Lipinski definition) is 3. The molecule has 0 atom stereocenters. The smallest absolute Gasteiger partial charge is 0.308 e. The molecule has 0 spiro atoms. The summed E-state index contributed by atoms with van der Waals surface area (Å²) in [5, 5.41) is 3.63. The zero-order chi connectivity index (χ0) is 13.7. The highest BCUT2D eigenvalue weighted by molar-refractivity contribution is 5.72. The van der Waals surface area contributed by atoms with Crippen LogP contribution in [-0.2, 0) is 16.0 Å². The van der Waals surface area contributed by atoms with Crippen LogP contribution in [0.5, 0.6) is 0 Å². The van der Waals surface area contributed by atoms with Gasteiger partial charge in [0.15, 0.2) is 0 Å². The third-order valence-electron chi connectivity index (χ3n) is 4.02. The summed E-state index contributed by atoms with van der Waals surface area (Å²) in [6.07, 6.45) is 4.98. The van der Waals surface area contributed by atoms with Crippen LogP contribution in [-0.4, -0.2) is 19.1 Å². The van der Waals surface area contributed by atoms with Gasteiger partial charge in [-0.3, -0.25) is 4.79 Å². The number of esters is 1. The fourth-order valence-corrected chi connectivity index (χ4v) is 2.83. The molecule has 3 heteroatoms. The van der Waals surface area contributed by atoms with Crippen LogP contribution < -0.4 is 5.32 Å². The molecule has 1 fully saturated rings. The molecule has 0 unspecified atom stereocenters. The topological polar surface area (TPSA) is 38.3 Å². The van der Waals surface area contributed by atoms with Gasteiger partial charge in [-0.15, -0.1) is 0 Å². The minimum Gasteiger partial charge on any atom is -0.469 e.